The van der Waals surface area contributed by atoms with E-state index in [0.29, 0.717) is 45.6 Å². The molecule has 0 saturated carbocycles. The summed E-state index contributed by atoms with van der Waals surface area (Å²) in [6.07, 6.45) is 4.55. The highest BCUT2D eigenvalue weighted by Crippen LogP contribution is 2.38. The fourth-order valence-electron chi connectivity index (χ4n) is 7.17. The molecule has 2 heterocycles. The summed E-state index contributed by atoms with van der Waals surface area (Å²) in [6, 6.07) is 33.5. The lowest BCUT2D eigenvalue weighted by Crippen LogP contribution is -2.39. The third kappa shape index (κ3) is 9.58. The number of aliphatic hydroxyl groups is 1. The first-order valence-electron chi connectivity index (χ1n) is 19.9. The Morgan fingerprint density at radius 1 is 0.823 bits per heavy atom. The predicted octanol–water partition coefficient (Wildman–Crippen LogP) is 10.9. The molecular formula is C50H44ClN5O6. The molecule has 0 fully saturated rings. The Morgan fingerprint density at radius 3 is 2.24 bits per heavy atom. The van der Waals surface area contributed by atoms with E-state index in [1.54, 1.807) is 39.1 Å². The van der Waals surface area contributed by atoms with Crippen LogP contribution < -0.4 is 14.4 Å². The summed E-state index contributed by atoms with van der Waals surface area (Å²) < 4.78 is 17.8. The summed E-state index contributed by atoms with van der Waals surface area (Å²) in [4.78, 5) is 39.4. The molecule has 1 amide bonds. The van der Waals surface area contributed by atoms with Gasteiger partial charge in [-0.05, 0) is 109 Å². The third-order valence-corrected chi connectivity index (χ3v) is 10.6. The molecule has 0 aliphatic rings. The third-order valence-electron chi connectivity index (χ3n) is 10.3. The molecule has 7 rings (SSSR count). The Balaban J connectivity index is 1.11. The minimum absolute atomic E-state index is 0.0149. The van der Waals surface area contributed by atoms with Crippen molar-refractivity contribution in [2.24, 2.45) is 0 Å². The van der Waals surface area contributed by atoms with Gasteiger partial charge in [0.15, 0.2) is 6.29 Å². The molecule has 0 bridgehead atoms. The molecule has 0 aliphatic heterocycles. The van der Waals surface area contributed by atoms with Gasteiger partial charge in [0.05, 0.1) is 34.8 Å². The van der Waals surface area contributed by atoms with E-state index in [4.69, 9.17) is 25.8 Å². The van der Waals surface area contributed by atoms with E-state index in [1.165, 1.54) is 23.5 Å². The molecule has 0 spiro atoms. The Labute approximate surface area is 365 Å². The van der Waals surface area contributed by atoms with Gasteiger partial charge in [-0.2, -0.15) is 5.26 Å². The van der Waals surface area contributed by atoms with Crippen LogP contribution in [-0.4, -0.2) is 51.2 Å². The van der Waals surface area contributed by atoms with E-state index < -0.39 is 11.7 Å². The number of benzene rings is 5. The minimum Gasteiger partial charge on any atom is -0.488 e. The zero-order chi connectivity index (χ0) is 44.0. The van der Waals surface area contributed by atoms with Gasteiger partial charge in [-0.25, -0.2) is 14.8 Å². The number of nitrogens with zero attached hydrogens (tertiary/aromatic N) is 5. The van der Waals surface area contributed by atoms with E-state index in [-0.39, 0.29) is 37.0 Å². The molecule has 1 N–H and O–H groups in total. The number of halogens is 1. The van der Waals surface area contributed by atoms with Crippen molar-refractivity contribution in [3.05, 3.63) is 154 Å². The first-order chi connectivity index (χ1) is 29.9. The summed E-state index contributed by atoms with van der Waals surface area (Å²) in [5, 5.41) is 20.0. The highest BCUT2D eigenvalue weighted by atomic mass is 35.5. The lowest BCUT2D eigenvalue weighted by atomic mass is 9.89. The number of ether oxygens (including phenoxy) is 3. The predicted molar refractivity (Wildman–Crippen MR) is 240 cm³/mol. The Kier molecular flexibility index (Phi) is 12.9. The SMILES string of the molecule is Cc1c(COc2cc(OCc3cncc(C#N)c3)c(C=O)cc2Cl)cccc1-c1cccc(-c2ccc(-c3ccc4ncnc(N(CCO)C(=O)OC(C)(C)C)c4c3)cc2)c1C. The van der Waals surface area contributed by atoms with Gasteiger partial charge in [-0.1, -0.05) is 78.3 Å². The Bertz CT molecular complexity index is 2830. The standard InChI is InChI=1S/C50H44ClN5O6/c1-31-38(29-61-47-23-46(39(27-58)22-44(47)51)60-28-34-20-33(24-52)25-53-26-34)8-6-10-41(31)42-11-7-9-40(32(42)2)36-14-12-35(13-15-36)37-16-17-45-43(21-37)48(55-30-54-45)56(18-19-57)49(59)62-50(3,4)5/h6-17,20-23,25-27,30,57H,18-19,28-29H2,1-5H3. The first-order valence-corrected chi connectivity index (χ1v) is 20.3. The normalized spacial score (nSPS) is 11.2. The van der Waals surface area contributed by atoms with Crippen molar-refractivity contribution in [2.75, 3.05) is 18.1 Å². The molecule has 0 radical (unpaired) electrons. The highest BCUT2D eigenvalue weighted by Gasteiger charge is 2.26. The number of carbonyl (C=O) groups excluding carboxylic acids is 2. The molecule has 2 aromatic heterocycles. The van der Waals surface area contributed by atoms with Crippen molar-refractivity contribution in [1.82, 2.24) is 15.0 Å². The Hall–Kier alpha value is -7.13. The van der Waals surface area contributed by atoms with Crippen LogP contribution in [0.3, 0.4) is 0 Å². The number of pyridine rings is 1. The number of hydrogen-bond donors (Lipinski definition) is 1. The first kappa shape index (κ1) is 43.0. The van der Waals surface area contributed by atoms with Crippen molar-refractivity contribution in [3.8, 4) is 50.9 Å². The second-order valence-electron chi connectivity index (χ2n) is 15.6. The zero-order valence-corrected chi connectivity index (χ0v) is 35.7. The lowest BCUT2D eigenvalue weighted by Gasteiger charge is -2.27. The molecule has 5 aromatic carbocycles. The topological polar surface area (TPSA) is 148 Å². The number of hydrogen-bond acceptors (Lipinski definition) is 10. The molecule has 12 heteroatoms. The number of aldehydes is 1. The summed E-state index contributed by atoms with van der Waals surface area (Å²) in [5.41, 5.74) is 10.6. The molecule has 11 nitrogen and oxygen atoms in total. The summed E-state index contributed by atoms with van der Waals surface area (Å²) in [6.45, 7) is 9.63. The number of carbonyl (C=O) groups is 2. The highest BCUT2D eigenvalue weighted by molar-refractivity contribution is 6.32. The van der Waals surface area contributed by atoms with E-state index >= 15 is 0 Å². The smallest absolute Gasteiger partial charge is 0.416 e. The van der Waals surface area contributed by atoms with Crippen LogP contribution in [0.4, 0.5) is 10.6 Å². The average molecular weight is 846 g/mol. The van der Waals surface area contributed by atoms with Gasteiger partial charge in [0.25, 0.3) is 0 Å². The van der Waals surface area contributed by atoms with Crippen LogP contribution in [0.25, 0.3) is 44.3 Å². The van der Waals surface area contributed by atoms with Crippen molar-refractivity contribution in [3.63, 3.8) is 0 Å². The number of aromatic nitrogens is 3. The number of anilines is 1. The fourth-order valence-corrected chi connectivity index (χ4v) is 7.40. The van der Waals surface area contributed by atoms with Gasteiger partial charge in [-0.3, -0.25) is 14.7 Å². The molecule has 312 valence electrons. The molecule has 0 saturated heterocycles. The second-order valence-corrected chi connectivity index (χ2v) is 16.0. The number of amides is 1. The van der Waals surface area contributed by atoms with Gasteiger partial charge < -0.3 is 19.3 Å². The van der Waals surface area contributed by atoms with Crippen LogP contribution in [-0.2, 0) is 18.0 Å². The number of rotatable bonds is 13. The van der Waals surface area contributed by atoms with Crippen LogP contribution in [0.15, 0.2) is 116 Å². The molecule has 0 aliphatic carbocycles. The summed E-state index contributed by atoms with van der Waals surface area (Å²) in [5.74, 6) is 1.03. The number of fused-ring (bicyclic) bond motifs is 1. The van der Waals surface area contributed by atoms with Crippen molar-refractivity contribution < 1.29 is 28.9 Å². The van der Waals surface area contributed by atoms with Gasteiger partial charge in [-0.15, -0.1) is 0 Å². The monoisotopic (exact) mass is 845 g/mol. The van der Waals surface area contributed by atoms with Gasteiger partial charge >= 0.3 is 6.09 Å². The number of aliphatic hydroxyl groups excluding tert-OH is 1. The van der Waals surface area contributed by atoms with Crippen molar-refractivity contribution in [1.29, 1.82) is 5.26 Å². The second kappa shape index (κ2) is 18.6. The quantitative estimate of drug-likeness (QED) is 0.111. The van der Waals surface area contributed by atoms with Gasteiger partial charge in [0.2, 0.25) is 0 Å². The fraction of sp³-hybridized carbons (Fsp3) is 0.200. The maximum absolute atomic E-state index is 13.2. The molecule has 0 unspecified atom stereocenters. The van der Waals surface area contributed by atoms with Gasteiger partial charge in [0.1, 0.15) is 48.5 Å². The van der Waals surface area contributed by atoms with Crippen LogP contribution in [0.5, 0.6) is 11.5 Å². The average Bonchev–Trinajstić information content (AvgIpc) is 3.27. The van der Waals surface area contributed by atoms with Crippen LogP contribution in [0.1, 0.15) is 58.9 Å². The van der Waals surface area contributed by atoms with E-state index in [9.17, 15) is 20.0 Å². The van der Waals surface area contributed by atoms with E-state index in [2.05, 4.69) is 83.4 Å². The maximum Gasteiger partial charge on any atom is 0.416 e. The van der Waals surface area contributed by atoms with E-state index in [0.717, 1.165) is 50.1 Å². The summed E-state index contributed by atoms with van der Waals surface area (Å²) in [7, 11) is 0. The molecule has 7 aromatic rings. The molecular weight excluding hydrogens is 802 g/mol. The minimum atomic E-state index is -0.726. The van der Waals surface area contributed by atoms with Crippen LogP contribution >= 0.6 is 11.6 Å². The van der Waals surface area contributed by atoms with Crippen LogP contribution in [0, 0.1) is 25.2 Å². The maximum atomic E-state index is 13.2. The van der Waals surface area contributed by atoms with Crippen molar-refractivity contribution in [2.45, 2.75) is 53.4 Å². The van der Waals surface area contributed by atoms with Crippen LogP contribution in [0.2, 0.25) is 5.02 Å². The molecule has 0 atom stereocenters. The van der Waals surface area contributed by atoms with Crippen molar-refractivity contribution >= 4 is 40.7 Å². The summed E-state index contributed by atoms with van der Waals surface area (Å²) >= 11 is 6.57. The largest absolute Gasteiger partial charge is 0.488 e. The number of nitriles is 1. The van der Waals surface area contributed by atoms with E-state index in [1.807, 2.05) is 30.3 Å². The zero-order valence-electron chi connectivity index (χ0n) is 35.0. The Morgan fingerprint density at radius 2 is 1.52 bits per heavy atom. The van der Waals surface area contributed by atoms with Gasteiger partial charge in [0, 0.05) is 29.4 Å². The molecule has 62 heavy (non-hydrogen) atoms. The lowest BCUT2D eigenvalue weighted by molar-refractivity contribution is 0.0572.